The first kappa shape index (κ1) is 10.8. The van der Waals surface area contributed by atoms with E-state index in [0.29, 0.717) is 5.58 Å². The summed E-state index contributed by atoms with van der Waals surface area (Å²) in [5, 5.41) is 0. The summed E-state index contributed by atoms with van der Waals surface area (Å²) in [6, 6.07) is 17.4. The monoisotopic (exact) mass is 239 g/mol. The Hall–Kier alpha value is -2.29. The van der Waals surface area contributed by atoms with Crippen molar-refractivity contribution in [2.45, 2.75) is 13.0 Å². The molecule has 3 heteroatoms. The summed E-state index contributed by atoms with van der Waals surface area (Å²) < 4.78 is 6.93. The van der Waals surface area contributed by atoms with E-state index in [4.69, 9.17) is 4.42 Å². The van der Waals surface area contributed by atoms with Gasteiger partial charge in [0.1, 0.15) is 0 Å². The van der Waals surface area contributed by atoms with Gasteiger partial charge in [-0.1, -0.05) is 42.5 Å². The Kier molecular flexibility index (Phi) is 2.52. The number of para-hydroxylation sites is 2. The molecule has 2 aromatic carbocycles. The van der Waals surface area contributed by atoms with E-state index < -0.39 is 0 Å². The minimum absolute atomic E-state index is 0.0395. The van der Waals surface area contributed by atoms with Gasteiger partial charge in [0.05, 0.1) is 11.6 Å². The van der Waals surface area contributed by atoms with Gasteiger partial charge >= 0.3 is 5.76 Å². The highest BCUT2D eigenvalue weighted by molar-refractivity contribution is 5.72. The summed E-state index contributed by atoms with van der Waals surface area (Å²) in [4.78, 5) is 11.9. The molecule has 3 aromatic rings. The molecule has 0 aliphatic rings. The number of hydrogen-bond acceptors (Lipinski definition) is 2. The van der Waals surface area contributed by atoms with Gasteiger partial charge in [0, 0.05) is 0 Å². The standard InChI is InChI=1S/C15H13NO2/c1-11(12-7-3-2-4-8-12)16-13-9-5-6-10-14(13)18-15(16)17/h2-11H,1H3. The Morgan fingerprint density at radius 1 is 1.00 bits per heavy atom. The van der Waals surface area contributed by atoms with E-state index in [0.717, 1.165) is 11.1 Å². The molecule has 3 nitrogen and oxygen atoms in total. The average molecular weight is 239 g/mol. The number of hydrogen-bond donors (Lipinski definition) is 0. The first-order valence-corrected chi connectivity index (χ1v) is 5.92. The van der Waals surface area contributed by atoms with Gasteiger partial charge in [-0.3, -0.25) is 4.57 Å². The normalized spacial score (nSPS) is 12.7. The Morgan fingerprint density at radius 3 is 2.44 bits per heavy atom. The van der Waals surface area contributed by atoms with E-state index in [-0.39, 0.29) is 11.8 Å². The quantitative estimate of drug-likeness (QED) is 0.688. The maximum Gasteiger partial charge on any atom is 0.420 e. The second-order valence-corrected chi connectivity index (χ2v) is 4.29. The zero-order chi connectivity index (χ0) is 12.5. The van der Waals surface area contributed by atoms with Crippen LogP contribution in [0.25, 0.3) is 11.1 Å². The average Bonchev–Trinajstić information content (AvgIpc) is 2.75. The van der Waals surface area contributed by atoms with Crippen molar-refractivity contribution >= 4 is 11.1 Å². The van der Waals surface area contributed by atoms with Crippen LogP contribution >= 0.6 is 0 Å². The molecule has 0 fully saturated rings. The van der Waals surface area contributed by atoms with Crippen molar-refractivity contribution in [3.63, 3.8) is 0 Å². The van der Waals surface area contributed by atoms with Crippen LogP contribution in [-0.4, -0.2) is 4.57 Å². The molecule has 90 valence electrons. The summed E-state index contributed by atoms with van der Waals surface area (Å²) in [6.07, 6.45) is 0. The van der Waals surface area contributed by atoms with Crippen molar-refractivity contribution in [3.05, 3.63) is 70.7 Å². The number of rotatable bonds is 2. The fourth-order valence-electron chi connectivity index (χ4n) is 2.23. The molecule has 1 heterocycles. The van der Waals surface area contributed by atoms with Crippen molar-refractivity contribution in [1.29, 1.82) is 0 Å². The second kappa shape index (κ2) is 4.18. The maximum atomic E-state index is 11.9. The number of fused-ring (bicyclic) bond motifs is 1. The van der Waals surface area contributed by atoms with Crippen LogP contribution in [0.5, 0.6) is 0 Å². The molecule has 0 aliphatic carbocycles. The highest BCUT2D eigenvalue weighted by atomic mass is 16.4. The van der Waals surface area contributed by atoms with Crippen molar-refractivity contribution < 1.29 is 4.42 Å². The van der Waals surface area contributed by atoms with E-state index in [2.05, 4.69) is 0 Å². The van der Waals surface area contributed by atoms with Crippen LogP contribution in [0.4, 0.5) is 0 Å². The summed E-state index contributed by atoms with van der Waals surface area (Å²) in [5.41, 5.74) is 2.55. The van der Waals surface area contributed by atoms with Crippen LogP contribution in [0.2, 0.25) is 0 Å². The molecular formula is C15H13NO2. The third kappa shape index (κ3) is 1.64. The topological polar surface area (TPSA) is 35.1 Å². The predicted octanol–water partition coefficient (Wildman–Crippen LogP) is 3.20. The van der Waals surface area contributed by atoms with Crippen molar-refractivity contribution in [2.24, 2.45) is 0 Å². The fourth-order valence-corrected chi connectivity index (χ4v) is 2.23. The van der Waals surface area contributed by atoms with Crippen LogP contribution in [0.1, 0.15) is 18.5 Å². The number of benzene rings is 2. The SMILES string of the molecule is CC(c1ccccc1)n1c(=O)oc2ccccc21. The summed E-state index contributed by atoms with van der Waals surface area (Å²) in [7, 11) is 0. The third-order valence-corrected chi connectivity index (χ3v) is 3.19. The maximum absolute atomic E-state index is 11.9. The van der Waals surface area contributed by atoms with Crippen molar-refractivity contribution in [1.82, 2.24) is 4.57 Å². The zero-order valence-corrected chi connectivity index (χ0v) is 10.0. The summed E-state index contributed by atoms with van der Waals surface area (Å²) in [5.74, 6) is -0.312. The Balaban J connectivity index is 2.20. The van der Waals surface area contributed by atoms with Gasteiger partial charge < -0.3 is 4.42 Å². The molecule has 0 aliphatic heterocycles. The molecular weight excluding hydrogens is 226 g/mol. The van der Waals surface area contributed by atoms with Crippen LogP contribution in [0.3, 0.4) is 0 Å². The Bertz CT molecular complexity index is 725. The van der Waals surface area contributed by atoms with E-state index in [1.165, 1.54) is 0 Å². The van der Waals surface area contributed by atoms with E-state index in [1.54, 1.807) is 4.57 Å². The van der Waals surface area contributed by atoms with Gasteiger partial charge in [-0.2, -0.15) is 0 Å². The van der Waals surface area contributed by atoms with E-state index in [9.17, 15) is 4.79 Å². The van der Waals surface area contributed by atoms with E-state index >= 15 is 0 Å². The highest BCUT2D eigenvalue weighted by Crippen LogP contribution is 2.21. The largest absolute Gasteiger partial charge is 0.420 e. The molecule has 1 aromatic heterocycles. The lowest BCUT2D eigenvalue weighted by Gasteiger charge is -2.12. The molecule has 0 saturated heterocycles. The molecule has 0 saturated carbocycles. The van der Waals surface area contributed by atoms with Gasteiger partial charge in [0.25, 0.3) is 0 Å². The molecule has 0 amide bonds. The van der Waals surface area contributed by atoms with Gasteiger partial charge in [-0.25, -0.2) is 4.79 Å². The molecule has 1 unspecified atom stereocenters. The number of oxazole rings is 1. The first-order chi connectivity index (χ1) is 8.77. The smallest absolute Gasteiger partial charge is 0.408 e. The van der Waals surface area contributed by atoms with Crippen LogP contribution in [-0.2, 0) is 0 Å². The lowest BCUT2D eigenvalue weighted by Crippen LogP contribution is -2.19. The van der Waals surface area contributed by atoms with Crippen LogP contribution < -0.4 is 5.76 Å². The van der Waals surface area contributed by atoms with Gasteiger partial charge in [-0.05, 0) is 24.6 Å². The van der Waals surface area contributed by atoms with Crippen molar-refractivity contribution in [2.75, 3.05) is 0 Å². The third-order valence-electron chi connectivity index (χ3n) is 3.19. The number of nitrogens with zero attached hydrogens (tertiary/aromatic N) is 1. The first-order valence-electron chi connectivity index (χ1n) is 5.92. The molecule has 3 rings (SSSR count). The van der Waals surface area contributed by atoms with Crippen LogP contribution in [0.15, 0.2) is 63.8 Å². The summed E-state index contributed by atoms with van der Waals surface area (Å²) >= 11 is 0. The Labute approximate surface area is 104 Å². The second-order valence-electron chi connectivity index (χ2n) is 4.29. The zero-order valence-electron chi connectivity index (χ0n) is 10.0. The lowest BCUT2D eigenvalue weighted by atomic mass is 10.1. The highest BCUT2D eigenvalue weighted by Gasteiger charge is 2.15. The minimum Gasteiger partial charge on any atom is -0.408 e. The molecule has 0 bridgehead atoms. The van der Waals surface area contributed by atoms with Crippen LogP contribution in [0, 0.1) is 0 Å². The lowest BCUT2D eigenvalue weighted by molar-refractivity contribution is 0.490. The van der Waals surface area contributed by atoms with Gasteiger partial charge in [-0.15, -0.1) is 0 Å². The fraction of sp³-hybridized carbons (Fsp3) is 0.133. The minimum atomic E-state index is -0.312. The molecule has 18 heavy (non-hydrogen) atoms. The van der Waals surface area contributed by atoms with Crippen molar-refractivity contribution in [3.8, 4) is 0 Å². The molecule has 0 N–H and O–H groups in total. The summed E-state index contributed by atoms with van der Waals surface area (Å²) in [6.45, 7) is 2.00. The number of aromatic nitrogens is 1. The van der Waals surface area contributed by atoms with Gasteiger partial charge in [0.15, 0.2) is 5.58 Å². The van der Waals surface area contributed by atoms with Gasteiger partial charge in [0.2, 0.25) is 0 Å². The molecule has 1 atom stereocenters. The molecule has 0 radical (unpaired) electrons. The Morgan fingerprint density at radius 2 is 1.67 bits per heavy atom. The predicted molar refractivity (Wildman–Crippen MR) is 70.7 cm³/mol. The van der Waals surface area contributed by atoms with E-state index in [1.807, 2.05) is 61.5 Å². The molecule has 0 spiro atoms.